The summed E-state index contributed by atoms with van der Waals surface area (Å²) in [5.74, 6) is 0.884. The third kappa shape index (κ3) is 11.2. The molecular weight excluding hydrogens is 707 g/mol. The molecule has 0 spiro atoms. The summed E-state index contributed by atoms with van der Waals surface area (Å²) >= 11 is -1.94. The number of anilines is 5. The molecule has 6 aromatic rings. The quantitative estimate of drug-likeness (QED) is 0.0559. The summed E-state index contributed by atoms with van der Waals surface area (Å²) in [4.78, 5) is 0.488. The van der Waals surface area contributed by atoms with Crippen molar-refractivity contribution in [1.82, 2.24) is 0 Å². The average Bonchev–Trinajstić information content (AvgIpc) is 3.14. The highest BCUT2D eigenvalue weighted by atomic mass is 32.2. The maximum atomic E-state index is 11.5. The first-order valence-electron chi connectivity index (χ1n) is 16.9. The van der Waals surface area contributed by atoms with E-state index in [9.17, 15) is 12.6 Å². The van der Waals surface area contributed by atoms with E-state index in [0.717, 1.165) is 62.9 Å². The smallest absolute Gasteiger partial charge is 0.296 e. The Labute approximate surface area is 315 Å². The molecule has 0 aliphatic heterocycles. The van der Waals surface area contributed by atoms with E-state index in [1.165, 1.54) is 29.7 Å². The minimum Gasteiger partial charge on any atom is -0.399 e. The Balaban J connectivity index is 0.000000201. The maximum Gasteiger partial charge on any atom is 0.296 e. The van der Waals surface area contributed by atoms with Gasteiger partial charge in [0.1, 0.15) is 0 Å². The van der Waals surface area contributed by atoms with Crippen LogP contribution in [0.4, 0.5) is 28.4 Å². The number of fused-ring (bicyclic) bond motifs is 2. The van der Waals surface area contributed by atoms with Crippen molar-refractivity contribution in [1.29, 1.82) is 0 Å². The molecule has 1 atom stereocenters. The molecule has 10 nitrogen and oxygen atoms in total. The molecule has 0 fully saturated rings. The lowest BCUT2D eigenvalue weighted by Crippen LogP contribution is -2.03. The van der Waals surface area contributed by atoms with E-state index in [0.29, 0.717) is 21.7 Å². The van der Waals surface area contributed by atoms with E-state index in [-0.39, 0.29) is 4.90 Å². The fourth-order valence-corrected chi connectivity index (χ4v) is 5.97. The van der Waals surface area contributed by atoms with Crippen LogP contribution in [-0.2, 0) is 25.4 Å². The van der Waals surface area contributed by atoms with Crippen LogP contribution < -0.4 is 28.7 Å². The standard InChI is InChI=1S/C14H16N2.C11H12N2O3S.C11H11NO2S.C5H12/c1-9-7-11(3-5-13(9)15)12-4-6-14(16)10(2)8-12;1-16-17(14,15)8-3-4-9-7(6-8)2-5-10(12)11(9)13;1-7-2-3-8-6-9(15(13)14)4-5-10(8)11(7)12;1-4-5(2)3/h3-8H,15-16H2,1-2H3;2-6H,12-13H2,1H3;2-6H,12H2,1H3,(H,13,14);5H,4H2,1-3H3. The summed E-state index contributed by atoms with van der Waals surface area (Å²) < 4.78 is 47.3. The molecule has 0 bridgehead atoms. The van der Waals surface area contributed by atoms with Gasteiger partial charge in [0.2, 0.25) is 0 Å². The van der Waals surface area contributed by atoms with E-state index < -0.39 is 21.2 Å². The lowest BCUT2D eigenvalue weighted by Gasteiger charge is -2.07. The van der Waals surface area contributed by atoms with Crippen molar-refractivity contribution in [2.75, 3.05) is 35.8 Å². The fourth-order valence-electron chi connectivity index (χ4n) is 4.86. The second-order valence-electron chi connectivity index (χ2n) is 12.9. The van der Waals surface area contributed by atoms with Gasteiger partial charge in [0.25, 0.3) is 10.1 Å². The largest absolute Gasteiger partial charge is 0.399 e. The monoisotopic (exact) mass is 757 g/mol. The lowest BCUT2D eigenvalue weighted by molar-refractivity contribution is 0.398. The van der Waals surface area contributed by atoms with Gasteiger partial charge in [0.05, 0.1) is 28.3 Å². The topological polar surface area (TPSA) is 211 Å². The molecule has 1 unspecified atom stereocenters. The zero-order valence-electron chi connectivity index (χ0n) is 31.3. The van der Waals surface area contributed by atoms with Crippen LogP contribution in [0.5, 0.6) is 0 Å². The van der Waals surface area contributed by atoms with Gasteiger partial charge < -0.3 is 33.2 Å². The minimum absolute atomic E-state index is 0.0941. The van der Waals surface area contributed by atoms with Gasteiger partial charge in [-0.2, -0.15) is 8.42 Å². The van der Waals surface area contributed by atoms with Gasteiger partial charge in [-0.3, -0.25) is 4.18 Å². The first-order valence-corrected chi connectivity index (χ1v) is 19.4. The lowest BCUT2D eigenvalue weighted by atomic mass is 10.0. The number of aryl methyl sites for hydroxylation is 3. The second kappa shape index (κ2) is 18.6. The van der Waals surface area contributed by atoms with Crippen LogP contribution in [0, 0.1) is 26.7 Å². The van der Waals surface area contributed by atoms with E-state index in [4.69, 9.17) is 33.2 Å². The Bertz CT molecular complexity index is 2300. The SMILES string of the molecule is CCC(C)C.COS(=O)(=O)c1ccc2c(N)c(N)ccc2c1.Cc1cc(-c2ccc(N)c(C)c2)ccc1N.Cc1ccc2cc(S(=O)O)ccc2c1N. The summed E-state index contributed by atoms with van der Waals surface area (Å²) in [6.07, 6.45) is 1.31. The zero-order valence-corrected chi connectivity index (χ0v) is 32.9. The Morgan fingerprint density at radius 3 is 1.60 bits per heavy atom. The molecule has 0 heterocycles. The summed E-state index contributed by atoms with van der Waals surface area (Å²) in [7, 11) is -2.56. The first kappa shape index (κ1) is 42.3. The van der Waals surface area contributed by atoms with Crippen molar-refractivity contribution >= 4 is 71.2 Å². The van der Waals surface area contributed by atoms with Crippen molar-refractivity contribution in [3.63, 3.8) is 0 Å². The molecule has 0 amide bonds. The summed E-state index contributed by atoms with van der Waals surface area (Å²) in [5, 5.41) is 3.23. The van der Waals surface area contributed by atoms with Crippen LogP contribution in [0.15, 0.2) is 107 Å². The molecule has 282 valence electrons. The summed E-state index contributed by atoms with van der Waals surface area (Å²) in [6.45, 7) is 12.6. The van der Waals surface area contributed by atoms with Gasteiger partial charge in [0.15, 0.2) is 11.1 Å². The summed E-state index contributed by atoms with van der Waals surface area (Å²) in [5.41, 5.74) is 37.9. The fraction of sp³-hybridized carbons (Fsp3) is 0.220. The van der Waals surface area contributed by atoms with Crippen molar-refractivity contribution in [3.05, 3.63) is 114 Å². The van der Waals surface area contributed by atoms with E-state index in [2.05, 4.69) is 37.1 Å². The molecule has 0 aromatic heterocycles. The molecule has 53 heavy (non-hydrogen) atoms. The van der Waals surface area contributed by atoms with Gasteiger partial charge in [-0.1, -0.05) is 69.7 Å². The van der Waals surface area contributed by atoms with Crippen LogP contribution in [0.2, 0.25) is 0 Å². The number of nitrogen functional groups attached to an aromatic ring is 5. The number of benzene rings is 6. The third-order valence-electron chi connectivity index (χ3n) is 8.72. The van der Waals surface area contributed by atoms with Crippen LogP contribution in [0.1, 0.15) is 43.9 Å². The van der Waals surface area contributed by atoms with Gasteiger partial charge in [-0.15, -0.1) is 0 Å². The molecule has 0 aliphatic rings. The van der Waals surface area contributed by atoms with E-state index in [1.807, 2.05) is 57.2 Å². The molecule has 11 N–H and O–H groups in total. The summed E-state index contributed by atoms with van der Waals surface area (Å²) in [6, 6.07) is 29.0. The molecule has 6 rings (SSSR count). The molecule has 12 heteroatoms. The number of rotatable bonds is 5. The minimum atomic E-state index is -3.68. The number of hydrogen-bond acceptors (Lipinski definition) is 9. The van der Waals surface area contributed by atoms with E-state index in [1.54, 1.807) is 36.4 Å². The van der Waals surface area contributed by atoms with Crippen LogP contribution in [0.25, 0.3) is 32.7 Å². The molecular formula is C41H51N5O5S2. The molecule has 6 aromatic carbocycles. The Morgan fingerprint density at radius 2 is 1.11 bits per heavy atom. The zero-order chi connectivity index (χ0) is 39.6. The van der Waals surface area contributed by atoms with Crippen molar-refractivity contribution in [2.45, 2.75) is 57.8 Å². The van der Waals surface area contributed by atoms with Gasteiger partial charge in [0, 0.05) is 27.8 Å². The highest BCUT2D eigenvalue weighted by molar-refractivity contribution is 7.86. The van der Waals surface area contributed by atoms with Crippen LogP contribution in [-0.4, -0.2) is 24.3 Å². The molecule has 0 aliphatic carbocycles. The van der Waals surface area contributed by atoms with Gasteiger partial charge in [-0.05, 0) is 120 Å². The Morgan fingerprint density at radius 1 is 0.642 bits per heavy atom. The molecule has 0 radical (unpaired) electrons. The van der Waals surface area contributed by atoms with Crippen LogP contribution in [0.3, 0.4) is 0 Å². The molecule has 0 saturated heterocycles. The second-order valence-corrected chi connectivity index (χ2v) is 15.6. The highest BCUT2D eigenvalue weighted by Crippen LogP contribution is 2.29. The van der Waals surface area contributed by atoms with Gasteiger partial charge >= 0.3 is 0 Å². The molecule has 0 saturated carbocycles. The normalized spacial score (nSPS) is 11.5. The number of hydrogen-bond donors (Lipinski definition) is 6. The Hall–Kier alpha value is -5.14. The predicted octanol–water partition coefficient (Wildman–Crippen LogP) is 8.84. The average molecular weight is 758 g/mol. The predicted molar refractivity (Wildman–Crippen MR) is 224 cm³/mol. The van der Waals surface area contributed by atoms with Gasteiger partial charge in [-0.25, -0.2) is 4.21 Å². The number of nitrogens with two attached hydrogens (primary N) is 5. The first-order chi connectivity index (χ1) is 24.9. The van der Waals surface area contributed by atoms with E-state index >= 15 is 0 Å². The highest BCUT2D eigenvalue weighted by Gasteiger charge is 2.14. The maximum absolute atomic E-state index is 11.5. The third-order valence-corrected chi connectivity index (χ3v) is 10.6. The van der Waals surface area contributed by atoms with Crippen LogP contribution >= 0.6 is 0 Å². The van der Waals surface area contributed by atoms with Crippen molar-refractivity contribution in [2.24, 2.45) is 5.92 Å². The Kier molecular flexibility index (Phi) is 14.8. The van der Waals surface area contributed by atoms with Crippen molar-refractivity contribution < 1.29 is 21.4 Å². The van der Waals surface area contributed by atoms with Crippen molar-refractivity contribution in [3.8, 4) is 11.1 Å².